The van der Waals surface area contributed by atoms with Gasteiger partial charge < -0.3 is 9.84 Å². The van der Waals surface area contributed by atoms with Crippen molar-refractivity contribution in [3.8, 4) is 0 Å². The number of aromatic carboxylic acids is 1. The standard InChI is InChI=1S/C27H26N2O5S/c1-5-34-26(33)22-16(4)28-27-29(23(22)19-12-10-18(11-13-19)15(2)3)24(30)21(35-27)14-17-6-8-20(9-7-17)25(31)32/h6-15,23H,5H2,1-4H3,(H,31,32)/b21-14+/t23-/m1/s1. The fraction of sp³-hybridized carbons (Fsp3) is 0.259. The molecule has 8 heteroatoms. The summed E-state index contributed by atoms with van der Waals surface area (Å²) in [6, 6.07) is 13.5. The number of carbonyl (C=O) groups excluding carboxylic acids is 1. The number of thiazole rings is 1. The maximum Gasteiger partial charge on any atom is 0.338 e. The van der Waals surface area contributed by atoms with Gasteiger partial charge in [-0.15, -0.1) is 0 Å². The van der Waals surface area contributed by atoms with Gasteiger partial charge in [0.1, 0.15) is 0 Å². The monoisotopic (exact) mass is 490 g/mol. The van der Waals surface area contributed by atoms with E-state index in [1.807, 2.05) is 24.3 Å². The fourth-order valence-corrected chi connectivity index (χ4v) is 5.09. The van der Waals surface area contributed by atoms with Crippen LogP contribution in [0.25, 0.3) is 6.08 Å². The van der Waals surface area contributed by atoms with E-state index in [4.69, 9.17) is 9.84 Å². The number of carboxylic acids is 1. The Bertz CT molecular complexity index is 1490. The number of allylic oxidation sites excluding steroid dienone is 1. The number of nitrogens with zero attached hydrogens (tertiary/aromatic N) is 2. The fourth-order valence-electron chi connectivity index (χ4n) is 4.04. The van der Waals surface area contributed by atoms with Gasteiger partial charge in [0.2, 0.25) is 0 Å². The Kier molecular flexibility index (Phi) is 6.84. The third-order valence-corrected chi connectivity index (χ3v) is 6.87. The van der Waals surface area contributed by atoms with E-state index in [-0.39, 0.29) is 17.7 Å². The highest BCUT2D eigenvalue weighted by Gasteiger charge is 2.33. The molecule has 180 valence electrons. The molecular formula is C27H26N2O5S. The van der Waals surface area contributed by atoms with Gasteiger partial charge in [-0.2, -0.15) is 0 Å². The number of carboxylic acid groups (broad SMARTS) is 1. The maximum atomic E-state index is 13.6. The predicted molar refractivity (Wildman–Crippen MR) is 134 cm³/mol. The van der Waals surface area contributed by atoms with Crippen molar-refractivity contribution in [3.05, 3.63) is 102 Å². The second-order valence-corrected chi connectivity index (χ2v) is 9.56. The molecule has 0 unspecified atom stereocenters. The van der Waals surface area contributed by atoms with Gasteiger partial charge in [0, 0.05) is 0 Å². The summed E-state index contributed by atoms with van der Waals surface area (Å²) in [5, 5.41) is 9.12. The molecule has 35 heavy (non-hydrogen) atoms. The van der Waals surface area contributed by atoms with Gasteiger partial charge in [-0.1, -0.05) is 61.6 Å². The molecule has 0 radical (unpaired) electrons. The predicted octanol–water partition coefficient (Wildman–Crippen LogP) is 3.62. The number of aromatic nitrogens is 1. The molecule has 0 fully saturated rings. The number of fused-ring (bicyclic) bond motifs is 1. The highest BCUT2D eigenvalue weighted by atomic mass is 32.1. The zero-order chi connectivity index (χ0) is 25.3. The molecule has 1 atom stereocenters. The molecule has 1 aliphatic rings. The molecule has 0 bridgehead atoms. The lowest BCUT2D eigenvalue weighted by Crippen LogP contribution is -2.39. The minimum Gasteiger partial charge on any atom is -0.478 e. The highest BCUT2D eigenvalue weighted by molar-refractivity contribution is 7.07. The maximum absolute atomic E-state index is 13.6. The van der Waals surface area contributed by atoms with Crippen LogP contribution in [0.3, 0.4) is 0 Å². The number of benzene rings is 2. The summed E-state index contributed by atoms with van der Waals surface area (Å²) in [5.41, 5.74) is 3.40. The van der Waals surface area contributed by atoms with E-state index in [2.05, 4.69) is 18.8 Å². The van der Waals surface area contributed by atoms with E-state index in [1.165, 1.54) is 23.5 Å². The van der Waals surface area contributed by atoms with Crippen LogP contribution in [0.5, 0.6) is 0 Å². The van der Waals surface area contributed by atoms with Crippen LogP contribution in [0.1, 0.15) is 66.7 Å². The molecule has 0 aliphatic carbocycles. The Morgan fingerprint density at radius 2 is 1.80 bits per heavy atom. The Hall–Kier alpha value is -3.78. The van der Waals surface area contributed by atoms with E-state index in [0.29, 0.717) is 32.1 Å². The third kappa shape index (κ3) is 4.74. The minimum atomic E-state index is -1.01. The van der Waals surface area contributed by atoms with E-state index in [1.54, 1.807) is 36.6 Å². The Labute approximate surface area is 206 Å². The van der Waals surface area contributed by atoms with Crippen molar-refractivity contribution in [3.63, 3.8) is 0 Å². The minimum absolute atomic E-state index is 0.170. The van der Waals surface area contributed by atoms with Crippen LogP contribution in [0.2, 0.25) is 0 Å². The molecule has 2 aromatic carbocycles. The van der Waals surface area contributed by atoms with Crippen LogP contribution in [0.4, 0.5) is 0 Å². The quantitative estimate of drug-likeness (QED) is 0.532. The molecule has 0 spiro atoms. The average Bonchev–Trinajstić information content (AvgIpc) is 3.13. The van der Waals surface area contributed by atoms with Gasteiger partial charge in [-0.25, -0.2) is 14.6 Å². The number of carbonyl (C=O) groups is 2. The number of hydrogen-bond donors (Lipinski definition) is 1. The van der Waals surface area contributed by atoms with Gasteiger partial charge in [0.05, 0.1) is 34.0 Å². The van der Waals surface area contributed by atoms with E-state index >= 15 is 0 Å². The lowest BCUT2D eigenvalue weighted by molar-refractivity contribution is -0.139. The summed E-state index contributed by atoms with van der Waals surface area (Å²) < 4.78 is 7.31. The Balaban J connectivity index is 1.89. The highest BCUT2D eigenvalue weighted by Crippen LogP contribution is 2.31. The number of esters is 1. The first kappa shape index (κ1) is 24.3. The second-order valence-electron chi connectivity index (χ2n) is 8.55. The SMILES string of the molecule is CCOC(=O)C1=C(C)N=c2s/c(=C/c3ccc(C(=O)O)cc3)c(=O)n2[C@@H]1c1ccc(C(C)C)cc1. The van der Waals surface area contributed by atoms with E-state index in [0.717, 1.165) is 11.1 Å². The first-order valence-corrected chi connectivity index (χ1v) is 12.2. The van der Waals surface area contributed by atoms with Crippen LogP contribution in [0, 0.1) is 0 Å². The Morgan fingerprint density at radius 1 is 1.14 bits per heavy atom. The molecule has 0 saturated heterocycles. The molecule has 0 amide bonds. The van der Waals surface area contributed by atoms with Gasteiger partial charge >= 0.3 is 11.9 Å². The average molecular weight is 491 g/mol. The molecule has 7 nitrogen and oxygen atoms in total. The molecule has 1 aliphatic heterocycles. The van der Waals surface area contributed by atoms with Crippen molar-refractivity contribution in [2.45, 2.75) is 39.7 Å². The molecule has 0 saturated carbocycles. The molecule has 3 aromatic rings. The van der Waals surface area contributed by atoms with Crippen LogP contribution < -0.4 is 14.9 Å². The lowest BCUT2D eigenvalue weighted by atomic mass is 9.93. The van der Waals surface area contributed by atoms with Gasteiger partial charge in [0.15, 0.2) is 4.80 Å². The first-order chi connectivity index (χ1) is 16.7. The number of hydrogen-bond acceptors (Lipinski definition) is 6. The summed E-state index contributed by atoms with van der Waals surface area (Å²) in [6.45, 7) is 7.92. The van der Waals surface area contributed by atoms with Crippen molar-refractivity contribution in [2.75, 3.05) is 6.61 Å². The normalized spacial score (nSPS) is 15.7. The molecule has 4 rings (SSSR count). The van der Waals surface area contributed by atoms with Gasteiger partial charge in [0.25, 0.3) is 5.56 Å². The molecule has 2 heterocycles. The van der Waals surface area contributed by atoms with Crippen molar-refractivity contribution >= 4 is 29.4 Å². The third-order valence-electron chi connectivity index (χ3n) is 5.89. The summed E-state index contributed by atoms with van der Waals surface area (Å²) in [4.78, 5) is 42.8. The van der Waals surface area contributed by atoms with Crippen LogP contribution in [0.15, 0.2) is 69.6 Å². The first-order valence-electron chi connectivity index (χ1n) is 11.3. The van der Waals surface area contributed by atoms with Crippen molar-refractivity contribution in [2.24, 2.45) is 4.99 Å². The van der Waals surface area contributed by atoms with Crippen LogP contribution in [-0.2, 0) is 9.53 Å². The summed E-state index contributed by atoms with van der Waals surface area (Å²) in [6.07, 6.45) is 1.71. The zero-order valence-corrected chi connectivity index (χ0v) is 20.8. The smallest absolute Gasteiger partial charge is 0.338 e. The van der Waals surface area contributed by atoms with E-state index < -0.39 is 18.0 Å². The number of ether oxygens (including phenoxy) is 1. The van der Waals surface area contributed by atoms with Gasteiger partial charge in [-0.05, 0) is 54.7 Å². The molecule has 1 aromatic heterocycles. The number of rotatable bonds is 6. The van der Waals surface area contributed by atoms with Crippen molar-refractivity contribution in [1.82, 2.24) is 4.57 Å². The molecule has 1 N–H and O–H groups in total. The van der Waals surface area contributed by atoms with E-state index in [9.17, 15) is 14.4 Å². The Morgan fingerprint density at radius 3 is 2.37 bits per heavy atom. The zero-order valence-electron chi connectivity index (χ0n) is 19.9. The van der Waals surface area contributed by atoms with Gasteiger partial charge in [-0.3, -0.25) is 9.36 Å². The summed E-state index contributed by atoms with van der Waals surface area (Å²) in [5.74, 6) is -1.16. The second kappa shape index (κ2) is 9.84. The summed E-state index contributed by atoms with van der Waals surface area (Å²) >= 11 is 1.23. The van der Waals surface area contributed by atoms with Crippen molar-refractivity contribution < 1.29 is 19.4 Å². The van der Waals surface area contributed by atoms with Crippen LogP contribution in [-0.4, -0.2) is 28.2 Å². The lowest BCUT2D eigenvalue weighted by Gasteiger charge is -2.25. The topological polar surface area (TPSA) is 98.0 Å². The van der Waals surface area contributed by atoms with Crippen molar-refractivity contribution in [1.29, 1.82) is 0 Å². The molecular weight excluding hydrogens is 464 g/mol. The summed E-state index contributed by atoms with van der Waals surface area (Å²) in [7, 11) is 0. The van der Waals surface area contributed by atoms with Crippen LogP contribution >= 0.6 is 11.3 Å². The largest absolute Gasteiger partial charge is 0.478 e.